The van der Waals surface area contributed by atoms with E-state index in [0.717, 1.165) is 6.42 Å². The first-order chi connectivity index (χ1) is 10.9. The predicted octanol–water partition coefficient (Wildman–Crippen LogP) is 2.90. The Kier molecular flexibility index (Phi) is 10.1. The van der Waals surface area contributed by atoms with Gasteiger partial charge in [0.2, 0.25) is 0 Å². The van der Waals surface area contributed by atoms with Crippen LogP contribution in [0.4, 0.5) is 0 Å². The molecule has 1 heterocycles. The van der Waals surface area contributed by atoms with Crippen molar-refractivity contribution in [3.05, 3.63) is 12.2 Å². The van der Waals surface area contributed by atoms with Crippen molar-refractivity contribution in [1.82, 2.24) is 5.06 Å². The lowest BCUT2D eigenvalue weighted by molar-refractivity contribution is -0.200. The minimum Gasteiger partial charge on any atom is -0.389 e. The van der Waals surface area contributed by atoms with Crippen LogP contribution in [0.25, 0.3) is 0 Å². The van der Waals surface area contributed by atoms with Gasteiger partial charge in [-0.25, -0.2) is 4.79 Å². The zero-order chi connectivity index (χ0) is 17.9. The smallest absolute Gasteiger partial charge is 0.336 e. The SMILES string of the molecule is CC.CC/C=C/CCC(O)(CC)CC(=O)ON1C(=O)CCC1=O. The molecule has 0 aromatic heterocycles. The highest BCUT2D eigenvalue weighted by Crippen LogP contribution is 2.23. The molecule has 1 rings (SSSR count). The highest BCUT2D eigenvalue weighted by atomic mass is 16.7. The van der Waals surface area contributed by atoms with E-state index in [-0.39, 0.29) is 19.3 Å². The molecule has 0 aromatic carbocycles. The van der Waals surface area contributed by atoms with Gasteiger partial charge >= 0.3 is 5.97 Å². The number of aliphatic hydroxyl groups is 1. The molecule has 0 aromatic rings. The summed E-state index contributed by atoms with van der Waals surface area (Å²) in [5.74, 6) is -1.79. The maximum Gasteiger partial charge on any atom is 0.336 e. The van der Waals surface area contributed by atoms with E-state index in [9.17, 15) is 19.5 Å². The summed E-state index contributed by atoms with van der Waals surface area (Å²) in [5, 5.41) is 10.9. The lowest BCUT2D eigenvalue weighted by atomic mass is 9.91. The summed E-state index contributed by atoms with van der Waals surface area (Å²) in [6.07, 6.45) is 6.24. The average molecular weight is 327 g/mol. The van der Waals surface area contributed by atoms with Crippen LogP contribution in [0, 0.1) is 0 Å². The van der Waals surface area contributed by atoms with Gasteiger partial charge in [-0.05, 0) is 25.7 Å². The van der Waals surface area contributed by atoms with Gasteiger partial charge in [-0.1, -0.05) is 39.8 Å². The number of carbonyl (C=O) groups is 3. The van der Waals surface area contributed by atoms with Crippen molar-refractivity contribution in [3.8, 4) is 0 Å². The van der Waals surface area contributed by atoms with E-state index in [4.69, 9.17) is 4.84 Å². The van der Waals surface area contributed by atoms with Gasteiger partial charge in [0, 0.05) is 12.8 Å². The first kappa shape index (κ1) is 21.3. The molecule has 1 saturated heterocycles. The number of rotatable bonds is 8. The van der Waals surface area contributed by atoms with Crippen molar-refractivity contribution in [2.24, 2.45) is 0 Å². The molecule has 2 amide bonds. The van der Waals surface area contributed by atoms with Crippen molar-refractivity contribution >= 4 is 17.8 Å². The number of nitrogens with zero attached hydrogens (tertiary/aromatic N) is 1. The zero-order valence-corrected chi connectivity index (χ0v) is 14.6. The maximum atomic E-state index is 11.8. The van der Waals surface area contributed by atoms with Crippen molar-refractivity contribution in [1.29, 1.82) is 0 Å². The quantitative estimate of drug-likeness (QED) is 0.547. The third-order valence-corrected chi connectivity index (χ3v) is 3.51. The summed E-state index contributed by atoms with van der Waals surface area (Å²) in [4.78, 5) is 39.3. The Hall–Kier alpha value is -1.69. The standard InChI is InChI=1S/C15H23NO5.C2H6/c1-3-5-6-7-10-15(20,4-2)11-14(19)21-16-12(17)8-9-13(16)18;1-2/h5-6,20H,3-4,7-11H2,1-2H3;1-2H3/b6-5+;. The van der Waals surface area contributed by atoms with Crippen molar-refractivity contribution in [2.45, 2.75) is 78.2 Å². The van der Waals surface area contributed by atoms with Gasteiger partial charge in [0.05, 0.1) is 12.0 Å². The molecule has 0 spiro atoms. The van der Waals surface area contributed by atoms with E-state index >= 15 is 0 Å². The van der Waals surface area contributed by atoms with E-state index in [1.807, 2.05) is 32.9 Å². The Bertz CT molecular complexity index is 417. The van der Waals surface area contributed by atoms with E-state index < -0.39 is 23.4 Å². The minimum absolute atomic E-state index is 0.0615. The molecule has 1 N–H and O–H groups in total. The second-order valence-corrected chi connectivity index (χ2v) is 5.22. The van der Waals surface area contributed by atoms with Gasteiger partial charge in [-0.2, -0.15) is 0 Å². The predicted molar refractivity (Wildman–Crippen MR) is 87.0 cm³/mol. The van der Waals surface area contributed by atoms with Crippen LogP contribution in [0.3, 0.4) is 0 Å². The molecule has 0 bridgehead atoms. The first-order valence-corrected chi connectivity index (χ1v) is 8.36. The molecule has 1 aliphatic heterocycles. The molecule has 1 fully saturated rings. The lowest BCUT2D eigenvalue weighted by Crippen LogP contribution is -2.37. The Labute approximate surface area is 138 Å². The molecule has 6 nitrogen and oxygen atoms in total. The van der Waals surface area contributed by atoms with E-state index in [2.05, 4.69) is 0 Å². The summed E-state index contributed by atoms with van der Waals surface area (Å²) < 4.78 is 0. The summed E-state index contributed by atoms with van der Waals surface area (Å²) in [7, 11) is 0. The summed E-state index contributed by atoms with van der Waals surface area (Å²) in [5.41, 5.74) is -1.18. The van der Waals surface area contributed by atoms with Crippen LogP contribution < -0.4 is 0 Å². The topological polar surface area (TPSA) is 83.9 Å². The Morgan fingerprint density at radius 2 is 1.78 bits per heavy atom. The molecule has 0 aliphatic carbocycles. The Morgan fingerprint density at radius 3 is 2.26 bits per heavy atom. The monoisotopic (exact) mass is 327 g/mol. The van der Waals surface area contributed by atoms with Gasteiger partial charge in [0.15, 0.2) is 0 Å². The van der Waals surface area contributed by atoms with Crippen molar-refractivity contribution in [3.63, 3.8) is 0 Å². The number of hydrogen-bond donors (Lipinski definition) is 1. The highest BCUT2D eigenvalue weighted by Gasteiger charge is 2.35. The average Bonchev–Trinajstić information content (AvgIpc) is 2.85. The van der Waals surface area contributed by atoms with E-state index in [1.54, 1.807) is 6.92 Å². The summed E-state index contributed by atoms with van der Waals surface area (Å²) >= 11 is 0. The maximum absolute atomic E-state index is 11.8. The number of allylic oxidation sites excluding steroid dienone is 2. The molecule has 1 atom stereocenters. The molecule has 23 heavy (non-hydrogen) atoms. The van der Waals surface area contributed by atoms with Gasteiger partial charge in [-0.15, -0.1) is 5.06 Å². The van der Waals surface area contributed by atoms with Crippen molar-refractivity contribution in [2.75, 3.05) is 0 Å². The fraction of sp³-hybridized carbons (Fsp3) is 0.706. The van der Waals surface area contributed by atoms with E-state index in [0.29, 0.717) is 24.3 Å². The Balaban J connectivity index is 0.00000232. The summed E-state index contributed by atoms with van der Waals surface area (Å²) in [6.45, 7) is 7.80. The van der Waals surface area contributed by atoms with Crippen LogP contribution in [-0.4, -0.2) is 33.6 Å². The second kappa shape index (κ2) is 10.9. The fourth-order valence-corrected chi connectivity index (χ4v) is 2.09. The molecular formula is C17H29NO5. The number of amides is 2. The van der Waals surface area contributed by atoms with Crippen LogP contribution in [0.2, 0.25) is 0 Å². The fourth-order valence-electron chi connectivity index (χ4n) is 2.09. The molecule has 6 heteroatoms. The zero-order valence-electron chi connectivity index (χ0n) is 14.6. The number of hydroxylamine groups is 2. The van der Waals surface area contributed by atoms with Gasteiger partial charge in [0.1, 0.15) is 0 Å². The van der Waals surface area contributed by atoms with E-state index in [1.165, 1.54) is 0 Å². The number of hydrogen-bond acceptors (Lipinski definition) is 5. The summed E-state index contributed by atoms with van der Waals surface area (Å²) in [6, 6.07) is 0. The van der Waals surface area contributed by atoms with Crippen LogP contribution >= 0.6 is 0 Å². The molecule has 1 unspecified atom stereocenters. The molecule has 1 aliphatic rings. The molecule has 0 saturated carbocycles. The van der Waals surface area contributed by atoms with Crippen LogP contribution in [0.15, 0.2) is 12.2 Å². The van der Waals surface area contributed by atoms with Gasteiger partial charge in [-0.3, -0.25) is 9.59 Å². The van der Waals surface area contributed by atoms with Gasteiger partial charge in [0.25, 0.3) is 11.8 Å². The Morgan fingerprint density at radius 1 is 1.22 bits per heavy atom. The van der Waals surface area contributed by atoms with Crippen LogP contribution in [0.1, 0.15) is 72.6 Å². The van der Waals surface area contributed by atoms with Gasteiger partial charge < -0.3 is 9.94 Å². The van der Waals surface area contributed by atoms with Crippen LogP contribution in [0.5, 0.6) is 0 Å². The number of carbonyl (C=O) groups excluding carboxylic acids is 3. The van der Waals surface area contributed by atoms with Crippen LogP contribution in [-0.2, 0) is 19.2 Å². The first-order valence-electron chi connectivity index (χ1n) is 8.36. The normalized spacial score (nSPS) is 17.0. The van der Waals surface area contributed by atoms with Crippen molar-refractivity contribution < 1.29 is 24.3 Å². The minimum atomic E-state index is -1.18. The molecule has 0 radical (unpaired) electrons. The largest absolute Gasteiger partial charge is 0.389 e. The number of imide groups is 1. The molecule has 132 valence electrons. The highest BCUT2D eigenvalue weighted by molar-refractivity contribution is 6.01. The third kappa shape index (κ3) is 7.41. The second-order valence-electron chi connectivity index (χ2n) is 5.22. The lowest BCUT2D eigenvalue weighted by Gasteiger charge is -2.25. The molecular weight excluding hydrogens is 298 g/mol. The third-order valence-electron chi connectivity index (χ3n) is 3.51.